The minimum atomic E-state index is -0.603. The Morgan fingerprint density at radius 3 is 2.47 bits per heavy atom. The van der Waals surface area contributed by atoms with Crippen LogP contribution < -0.4 is 15.2 Å². The van der Waals surface area contributed by atoms with Gasteiger partial charge in [0.05, 0.1) is 38.4 Å². The molecule has 0 aliphatic carbocycles. The first-order chi connectivity index (χ1) is 9.09. The molecule has 0 radical (unpaired) electrons. The van der Waals surface area contributed by atoms with E-state index in [2.05, 4.69) is 0 Å². The van der Waals surface area contributed by atoms with Gasteiger partial charge in [-0.3, -0.25) is 4.79 Å². The molecular formula is C14H19NO4. The van der Waals surface area contributed by atoms with Crippen molar-refractivity contribution in [3.63, 3.8) is 0 Å². The van der Waals surface area contributed by atoms with Crippen LogP contribution in [-0.2, 0) is 4.74 Å². The third-order valence-corrected chi connectivity index (χ3v) is 3.65. The summed E-state index contributed by atoms with van der Waals surface area (Å²) in [5.41, 5.74) is 6.47. The van der Waals surface area contributed by atoms with Crippen LogP contribution in [0.25, 0.3) is 0 Å². The molecule has 0 aromatic heterocycles. The third-order valence-electron chi connectivity index (χ3n) is 3.65. The highest BCUT2D eigenvalue weighted by molar-refractivity contribution is 6.04. The van der Waals surface area contributed by atoms with Crippen molar-refractivity contribution in [1.82, 2.24) is 0 Å². The molecule has 0 unspecified atom stereocenters. The molecule has 104 valence electrons. The highest BCUT2D eigenvalue weighted by atomic mass is 16.5. The zero-order valence-electron chi connectivity index (χ0n) is 11.5. The summed E-state index contributed by atoms with van der Waals surface area (Å²) >= 11 is 0. The van der Waals surface area contributed by atoms with Crippen molar-refractivity contribution in [2.24, 2.45) is 11.1 Å². The maximum atomic E-state index is 12.6. The zero-order valence-corrected chi connectivity index (χ0v) is 11.5. The summed E-state index contributed by atoms with van der Waals surface area (Å²) in [5, 5.41) is 0. The fourth-order valence-corrected chi connectivity index (χ4v) is 2.31. The van der Waals surface area contributed by atoms with E-state index in [1.165, 1.54) is 0 Å². The number of ether oxygens (including phenoxy) is 3. The predicted molar refractivity (Wildman–Crippen MR) is 70.9 cm³/mol. The molecule has 2 rings (SSSR count). The molecule has 1 saturated heterocycles. The van der Waals surface area contributed by atoms with Gasteiger partial charge in [0.25, 0.3) is 0 Å². The molecule has 0 bridgehead atoms. The first-order valence-electron chi connectivity index (χ1n) is 6.14. The number of ketones is 1. The first kappa shape index (κ1) is 13.8. The second kappa shape index (κ2) is 5.19. The van der Waals surface area contributed by atoms with Gasteiger partial charge < -0.3 is 19.9 Å². The van der Waals surface area contributed by atoms with Gasteiger partial charge in [-0.2, -0.15) is 0 Å². The van der Waals surface area contributed by atoms with Gasteiger partial charge in [0.15, 0.2) is 5.78 Å². The molecule has 0 spiro atoms. The number of nitrogens with two attached hydrogens (primary N) is 1. The quantitative estimate of drug-likeness (QED) is 0.809. The maximum Gasteiger partial charge on any atom is 0.178 e. The normalized spacial score (nSPS) is 16.6. The Kier molecular flexibility index (Phi) is 3.78. The zero-order chi connectivity index (χ0) is 14.0. The lowest BCUT2D eigenvalue weighted by molar-refractivity contribution is -0.0816. The Hall–Kier alpha value is -1.59. The largest absolute Gasteiger partial charge is 0.496 e. The standard InChI is InChI=1S/C14H19NO4/c1-9-11(17-2)5-4-10(12(9)18-3)13(16)14(6-15)7-19-8-14/h4-5H,6-8,15H2,1-3H3. The summed E-state index contributed by atoms with van der Waals surface area (Å²) in [7, 11) is 3.13. The molecular weight excluding hydrogens is 246 g/mol. The second-order valence-corrected chi connectivity index (χ2v) is 4.78. The monoisotopic (exact) mass is 265 g/mol. The van der Waals surface area contributed by atoms with Crippen molar-refractivity contribution in [3.8, 4) is 11.5 Å². The minimum Gasteiger partial charge on any atom is -0.496 e. The fraction of sp³-hybridized carbons (Fsp3) is 0.500. The van der Waals surface area contributed by atoms with E-state index in [0.717, 1.165) is 5.56 Å². The predicted octanol–water partition coefficient (Wildman–Crippen LogP) is 1.17. The molecule has 19 heavy (non-hydrogen) atoms. The molecule has 2 N–H and O–H groups in total. The molecule has 1 heterocycles. The SMILES string of the molecule is COc1ccc(C(=O)C2(CN)COC2)c(OC)c1C. The van der Waals surface area contributed by atoms with Crippen LogP contribution in [0.5, 0.6) is 11.5 Å². The van der Waals surface area contributed by atoms with Gasteiger partial charge in [0, 0.05) is 12.1 Å². The third kappa shape index (κ3) is 2.09. The highest BCUT2D eigenvalue weighted by Gasteiger charge is 2.46. The van der Waals surface area contributed by atoms with Crippen molar-refractivity contribution < 1.29 is 19.0 Å². The van der Waals surface area contributed by atoms with E-state index in [1.807, 2.05) is 6.92 Å². The molecule has 1 aromatic carbocycles. The van der Waals surface area contributed by atoms with Gasteiger partial charge in [-0.1, -0.05) is 0 Å². The Bertz CT molecular complexity index is 489. The molecule has 1 aromatic rings. The second-order valence-electron chi connectivity index (χ2n) is 4.78. The lowest BCUT2D eigenvalue weighted by Gasteiger charge is -2.39. The van der Waals surface area contributed by atoms with E-state index < -0.39 is 5.41 Å². The Morgan fingerprint density at radius 2 is 2.05 bits per heavy atom. The molecule has 0 amide bonds. The van der Waals surface area contributed by atoms with Crippen LogP contribution in [0.15, 0.2) is 12.1 Å². The number of carbonyl (C=O) groups is 1. The number of methoxy groups -OCH3 is 2. The number of hydrogen-bond acceptors (Lipinski definition) is 5. The van der Waals surface area contributed by atoms with Crippen LogP contribution in [0.1, 0.15) is 15.9 Å². The van der Waals surface area contributed by atoms with Crippen LogP contribution in [0.4, 0.5) is 0 Å². The van der Waals surface area contributed by atoms with Gasteiger partial charge in [0.1, 0.15) is 11.5 Å². The summed E-state index contributed by atoms with van der Waals surface area (Å²) in [6, 6.07) is 3.50. The smallest absolute Gasteiger partial charge is 0.178 e. The number of Topliss-reactive ketones (excluding diaryl/α,β-unsaturated/α-hetero) is 1. The molecule has 1 aliphatic heterocycles. The van der Waals surface area contributed by atoms with Crippen molar-refractivity contribution in [1.29, 1.82) is 0 Å². The summed E-state index contributed by atoms with van der Waals surface area (Å²) < 4.78 is 15.8. The van der Waals surface area contributed by atoms with Gasteiger partial charge in [0.2, 0.25) is 0 Å². The van der Waals surface area contributed by atoms with Crippen molar-refractivity contribution in [3.05, 3.63) is 23.3 Å². The van der Waals surface area contributed by atoms with E-state index in [-0.39, 0.29) is 12.3 Å². The average molecular weight is 265 g/mol. The Balaban J connectivity index is 2.45. The molecule has 0 atom stereocenters. The van der Waals surface area contributed by atoms with Crippen LogP contribution >= 0.6 is 0 Å². The summed E-state index contributed by atoms with van der Waals surface area (Å²) in [6.07, 6.45) is 0. The molecule has 1 fully saturated rings. The van der Waals surface area contributed by atoms with E-state index in [0.29, 0.717) is 30.3 Å². The van der Waals surface area contributed by atoms with Crippen molar-refractivity contribution in [2.75, 3.05) is 34.0 Å². The lowest BCUT2D eigenvalue weighted by Crippen LogP contribution is -2.54. The summed E-state index contributed by atoms with van der Waals surface area (Å²) in [5.74, 6) is 1.22. The van der Waals surface area contributed by atoms with Crippen LogP contribution in [-0.4, -0.2) is 39.8 Å². The summed E-state index contributed by atoms with van der Waals surface area (Å²) in [6.45, 7) is 2.88. The van der Waals surface area contributed by atoms with E-state index in [4.69, 9.17) is 19.9 Å². The average Bonchev–Trinajstić information content (AvgIpc) is 2.37. The number of rotatable bonds is 5. The minimum absolute atomic E-state index is 0.0242. The van der Waals surface area contributed by atoms with Gasteiger partial charge >= 0.3 is 0 Å². The fourth-order valence-electron chi connectivity index (χ4n) is 2.31. The number of benzene rings is 1. The summed E-state index contributed by atoms with van der Waals surface area (Å²) in [4.78, 5) is 12.6. The van der Waals surface area contributed by atoms with Gasteiger partial charge in [-0.25, -0.2) is 0 Å². The van der Waals surface area contributed by atoms with E-state index in [1.54, 1.807) is 26.4 Å². The topological polar surface area (TPSA) is 70.8 Å². The van der Waals surface area contributed by atoms with Gasteiger partial charge in [-0.05, 0) is 19.1 Å². The number of carbonyl (C=O) groups excluding carboxylic acids is 1. The van der Waals surface area contributed by atoms with E-state index in [9.17, 15) is 4.79 Å². The molecule has 5 nitrogen and oxygen atoms in total. The molecule has 1 aliphatic rings. The number of hydrogen-bond donors (Lipinski definition) is 1. The van der Waals surface area contributed by atoms with Crippen molar-refractivity contribution >= 4 is 5.78 Å². The highest BCUT2D eigenvalue weighted by Crippen LogP contribution is 2.37. The lowest BCUT2D eigenvalue weighted by atomic mass is 9.78. The molecule has 5 heteroatoms. The van der Waals surface area contributed by atoms with E-state index >= 15 is 0 Å². The Morgan fingerprint density at radius 1 is 1.37 bits per heavy atom. The first-order valence-corrected chi connectivity index (χ1v) is 6.14. The van der Waals surface area contributed by atoms with Crippen LogP contribution in [0, 0.1) is 12.3 Å². The maximum absolute atomic E-state index is 12.6. The van der Waals surface area contributed by atoms with Crippen LogP contribution in [0.2, 0.25) is 0 Å². The van der Waals surface area contributed by atoms with Crippen LogP contribution in [0.3, 0.4) is 0 Å². The van der Waals surface area contributed by atoms with Gasteiger partial charge in [-0.15, -0.1) is 0 Å². The van der Waals surface area contributed by atoms with Crippen molar-refractivity contribution in [2.45, 2.75) is 6.92 Å². The molecule has 0 saturated carbocycles. The Labute approximate surface area is 112 Å².